The molecule has 1 rings (SSSR count). The number of nitrogens with zero attached hydrogens (tertiary/aromatic N) is 2. The van der Waals surface area contributed by atoms with Crippen LogP contribution >= 0.6 is 12.6 Å². The van der Waals surface area contributed by atoms with E-state index in [1.807, 2.05) is 20.8 Å². The number of carbonyl (C=O) groups excluding carboxylic acids is 2. The first-order chi connectivity index (χ1) is 8.73. The maximum absolute atomic E-state index is 11.8. The van der Waals surface area contributed by atoms with Gasteiger partial charge >= 0.3 is 6.09 Å². The van der Waals surface area contributed by atoms with Gasteiger partial charge in [-0.25, -0.2) is 4.79 Å². The van der Waals surface area contributed by atoms with Crippen molar-refractivity contribution < 1.29 is 14.3 Å². The number of hydrogen-bond acceptors (Lipinski definition) is 4. The van der Waals surface area contributed by atoms with Crippen molar-refractivity contribution in [1.29, 1.82) is 0 Å². The summed E-state index contributed by atoms with van der Waals surface area (Å²) < 4.78 is 5.26. The van der Waals surface area contributed by atoms with Gasteiger partial charge in [0.25, 0.3) is 0 Å². The summed E-state index contributed by atoms with van der Waals surface area (Å²) in [5.41, 5.74) is -0.494. The SMILES string of the molecule is CN(CCN1CC(CS)CC1=O)C(=O)OC(C)(C)C. The number of hydrogen-bond donors (Lipinski definition) is 1. The van der Waals surface area contributed by atoms with Crippen molar-refractivity contribution in [2.75, 3.05) is 32.4 Å². The van der Waals surface area contributed by atoms with E-state index in [-0.39, 0.29) is 12.0 Å². The lowest BCUT2D eigenvalue weighted by Crippen LogP contribution is -2.39. The third kappa shape index (κ3) is 5.30. The summed E-state index contributed by atoms with van der Waals surface area (Å²) in [6, 6.07) is 0. The minimum atomic E-state index is -0.494. The van der Waals surface area contributed by atoms with Crippen LogP contribution in [0.1, 0.15) is 27.2 Å². The van der Waals surface area contributed by atoms with Gasteiger partial charge in [-0.3, -0.25) is 4.79 Å². The van der Waals surface area contributed by atoms with Crippen LogP contribution in [-0.4, -0.2) is 59.8 Å². The molecular formula is C13H24N2O3S. The Labute approximate surface area is 120 Å². The van der Waals surface area contributed by atoms with Crippen LogP contribution < -0.4 is 0 Å². The third-order valence-electron chi connectivity index (χ3n) is 2.96. The predicted molar refractivity (Wildman–Crippen MR) is 77.4 cm³/mol. The fraction of sp³-hybridized carbons (Fsp3) is 0.846. The molecule has 1 unspecified atom stereocenters. The van der Waals surface area contributed by atoms with Crippen LogP contribution in [-0.2, 0) is 9.53 Å². The predicted octanol–water partition coefficient (Wildman–Crippen LogP) is 1.63. The Hall–Kier alpha value is -0.910. The molecule has 1 aliphatic heterocycles. The second-order valence-electron chi connectivity index (χ2n) is 5.99. The van der Waals surface area contributed by atoms with Gasteiger partial charge < -0.3 is 14.5 Å². The zero-order valence-electron chi connectivity index (χ0n) is 12.2. The van der Waals surface area contributed by atoms with Crippen LogP contribution in [0.25, 0.3) is 0 Å². The van der Waals surface area contributed by atoms with Crippen molar-refractivity contribution in [2.45, 2.75) is 32.8 Å². The highest BCUT2D eigenvalue weighted by Crippen LogP contribution is 2.18. The van der Waals surface area contributed by atoms with Gasteiger partial charge in [0, 0.05) is 33.1 Å². The summed E-state index contributed by atoms with van der Waals surface area (Å²) in [4.78, 5) is 26.8. The van der Waals surface area contributed by atoms with Crippen molar-refractivity contribution in [1.82, 2.24) is 9.80 Å². The van der Waals surface area contributed by atoms with Crippen molar-refractivity contribution in [3.05, 3.63) is 0 Å². The van der Waals surface area contributed by atoms with E-state index in [1.54, 1.807) is 11.9 Å². The summed E-state index contributed by atoms with van der Waals surface area (Å²) in [5, 5.41) is 0. The second-order valence-corrected chi connectivity index (χ2v) is 6.36. The maximum atomic E-state index is 11.8. The second kappa shape index (κ2) is 6.50. The van der Waals surface area contributed by atoms with E-state index >= 15 is 0 Å². The van der Waals surface area contributed by atoms with Crippen molar-refractivity contribution >= 4 is 24.6 Å². The highest BCUT2D eigenvalue weighted by molar-refractivity contribution is 7.80. The molecule has 0 aromatic heterocycles. The lowest BCUT2D eigenvalue weighted by molar-refractivity contribution is -0.127. The molecule has 0 aromatic carbocycles. The Morgan fingerprint density at radius 3 is 2.63 bits per heavy atom. The number of likely N-dealkylation sites (N-methyl/N-ethyl adjacent to an activating group) is 1. The van der Waals surface area contributed by atoms with Crippen LogP contribution in [0, 0.1) is 5.92 Å². The quantitative estimate of drug-likeness (QED) is 0.800. The lowest BCUT2D eigenvalue weighted by Gasteiger charge is -2.26. The average Bonchev–Trinajstić information content (AvgIpc) is 2.64. The van der Waals surface area contributed by atoms with E-state index in [4.69, 9.17) is 4.74 Å². The number of ether oxygens (including phenoxy) is 1. The highest BCUT2D eigenvalue weighted by atomic mass is 32.1. The molecule has 110 valence electrons. The van der Waals surface area contributed by atoms with Crippen molar-refractivity contribution in [3.63, 3.8) is 0 Å². The van der Waals surface area contributed by atoms with Gasteiger partial charge in [0.15, 0.2) is 0 Å². The summed E-state index contributed by atoms with van der Waals surface area (Å²) >= 11 is 4.22. The zero-order chi connectivity index (χ0) is 14.6. The molecule has 1 fully saturated rings. The molecule has 0 aromatic rings. The number of likely N-dealkylation sites (tertiary alicyclic amines) is 1. The van der Waals surface area contributed by atoms with Crippen LogP contribution in [0.15, 0.2) is 0 Å². The molecule has 0 radical (unpaired) electrons. The lowest BCUT2D eigenvalue weighted by atomic mass is 10.1. The molecule has 1 heterocycles. The smallest absolute Gasteiger partial charge is 0.410 e. The largest absolute Gasteiger partial charge is 0.444 e. The van der Waals surface area contributed by atoms with Crippen LogP contribution in [0.5, 0.6) is 0 Å². The molecule has 0 aliphatic carbocycles. The van der Waals surface area contributed by atoms with Gasteiger partial charge in [-0.05, 0) is 32.4 Å². The van der Waals surface area contributed by atoms with E-state index in [1.165, 1.54) is 4.90 Å². The molecule has 6 heteroatoms. The van der Waals surface area contributed by atoms with E-state index in [9.17, 15) is 9.59 Å². The number of rotatable bonds is 4. The normalized spacial score (nSPS) is 19.7. The van der Waals surface area contributed by atoms with Gasteiger partial charge in [-0.2, -0.15) is 12.6 Å². The zero-order valence-corrected chi connectivity index (χ0v) is 13.1. The molecule has 0 N–H and O–H groups in total. The summed E-state index contributed by atoms with van der Waals surface area (Å²) in [6.07, 6.45) is 0.213. The summed E-state index contributed by atoms with van der Waals surface area (Å²) in [6.45, 7) is 7.28. The number of thiol groups is 1. The monoisotopic (exact) mass is 288 g/mol. The average molecular weight is 288 g/mol. The van der Waals surface area contributed by atoms with Crippen LogP contribution in [0.2, 0.25) is 0 Å². The van der Waals surface area contributed by atoms with E-state index in [0.29, 0.717) is 25.4 Å². The van der Waals surface area contributed by atoms with Gasteiger partial charge in [0.2, 0.25) is 5.91 Å². The van der Waals surface area contributed by atoms with Crippen LogP contribution in [0.3, 0.4) is 0 Å². The molecule has 5 nitrogen and oxygen atoms in total. The Bertz CT molecular complexity index is 341. The first kappa shape index (κ1) is 16.1. The Kier molecular flexibility index (Phi) is 5.52. The standard InChI is InChI=1S/C13H24N2O3S/c1-13(2,3)18-12(17)14(4)5-6-15-8-10(9-19)7-11(15)16/h10,19H,5-9H2,1-4H3. The maximum Gasteiger partial charge on any atom is 0.410 e. The molecule has 0 bridgehead atoms. The minimum absolute atomic E-state index is 0.150. The summed E-state index contributed by atoms with van der Waals surface area (Å²) in [5.74, 6) is 1.21. The van der Waals surface area contributed by atoms with Crippen molar-refractivity contribution in [3.8, 4) is 0 Å². The molecule has 1 atom stereocenters. The Morgan fingerprint density at radius 1 is 1.53 bits per heavy atom. The first-order valence-corrected chi connectivity index (χ1v) is 7.19. The first-order valence-electron chi connectivity index (χ1n) is 6.55. The van der Waals surface area contributed by atoms with E-state index in [0.717, 1.165) is 12.3 Å². The topological polar surface area (TPSA) is 49.9 Å². The molecular weight excluding hydrogens is 264 g/mol. The van der Waals surface area contributed by atoms with Crippen molar-refractivity contribution in [2.24, 2.45) is 5.92 Å². The van der Waals surface area contributed by atoms with Gasteiger partial charge in [0.1, 0.15) is 5.60 Å². The molecule has 19 heavy (non-hydrogen) atoms. The van der Waals surface area contributed by atoms with Gasteiger partial charge in [0.05, 0.1) is 0 Å². The van der Waals surface area contributed by atoms with Gasteiger partial charge in [-0.1, -0.05) is 0 Å². The van der Waals surface area contributed by atoms with E-state index < -0.39 is 5.60 Å². The number of amides is 2. The molecule has 0 spiro atoms. The molecule has 1 aliphatic rings. The summed E-state index contributed by atoms with van der Waals surface area (Å²) in [7, 11) is 1.69. The minimum Gasteiger partial charge on any atom is -0.444 e. The molecule has 2 amide bonds. The van der Waals surface area contributed by atoms with Crippen LogP contribution in [0.4, 0.5) is 4.79 Å². The van der Waals surface area contributed by atoms with Gasteiger partial charge in [-0.15, -0.1) is 0 Å². The molecule has 0 saturated carbocycles. The van der Waals surface area contributed by atoms with E-state index in [2.05, 4.69) is 12.6 Å². The number of carbonyl (C=O) groups is 2. The highest BCUT2D eigenvalue weighted by Gasteiger charge is 2.29. The fourth-order valence-electron chi connectivity index (χ4n) is 1.89. The third-order valence-corrected chi connectivity index (χ3v) is 3.48. The fourth-order valence-corrected chi connectivity index (χ4v) is 2.14. The Balaban J connectivity index is 2.36. The Morgan fingerprint density at radius 2 is 2.16 bits per heavy atom. The molecule has 1 saturated heterocycles.